The van der Waals surface area contributed by atoms with E-state index < -0.39 is 30.3 Å². The first-order chi connectivity index (χ1) is 10.5. The van der Waals surface area contributed by atoms with Gasteiger partial charge in [-0.05, 0) is 12.1 Å². The summed E-state index contributed by atoms with van der Waals surface area (Å²) >= 11 is 0.220. The van der Waals surface area contributed by atoms with Gasteiger partial charge in [0.1, 0.15) is 0 Å². The molecular weight excluding hydrogens is 318 g/mol. The van der Waals surface area contributed by atoms with Crippen LogP contribution in [0.5, 0.6) is 0 Å². The van der Waals surface area contributed by atoms with E-state index in [0.29, 0.717) is 6.54 Å². The van der Waals surface area contributed by atoms with Gasteiger partial charge in [-0.2, -0.15) is 8.78 Å². The van der Waals surface area contributed by atoms with Gasteiger partial charge >= 0.3 is 12.0 Å². The van der Waals surface area contributed by atoms with E-state index in [1.54, 1.807) is 0 Å². The lowest BCUT2D eigenvalue weighted by atomic mass is 10.2. The first kappa shape index (κ1) is 16.2. The van der Waals surface area contributed by atoms with Crippen LogP contribution in [0.2, 0.25) is 0 Å². The lowest BCUT2D eigenvalue weighted by Crippen LogP contribution is -2.37. The van der Waals surface area contributed by atoms with E-state index in [4.69, 9.17) is 4.74 Å². The summed E-state index contributed by atoms with van der Waals surface area (Å²) < 4.78 is 29.7. The number of hydrogen-bond donors (Lipinski definition) is 1. The van der Waals surface area contributed by atoms with E-state index >= 15 is 0 Å². The number of urea groups is 1. The fourth-order valence-electron chi connectivity index (χ4n) is 1.83. The van der Waals surface area contributed by atoms with Crippen molar-refractivity contribution in [2.75, 3.05) is 19.7 Å². The van der Waals surface area contributed by atoms with Crippen molar-refractivity contribution >= 4 is 29.7 Å². The summed E-state index contributed by atoms with van der Waals surface area (Å²) in [5.74, 6) is -4.23. The minimum Gasteiger partial charge on any atom is -0.452 e. The Balaban J connectivity index is 1.98. The quantitative estimate of drug-likeness (QED) is 0.657. The normalized spacial score (nSPS) is 14.1. The first-order valence-electron chi connectivity index (χ1n) is 6.28. The Kier molecular flexibility index (Phi) is 5.31. The van der Waals surface area contributed by atoms with Gasteiger partial charge in [0.05, 0.1) is 5.56 Å². The van der Waals surface area contributed by atoms with Crippen LogP contribution in [0.25, 0.3) is 0 Å². The highest BCUT2D eigenvalue weighted by Gasteiger charge is 2.27. The van der Waals surface area contributed by atoms with Crippen LogP contribution in [0.3, 0.4) is 0 Å². The fourth-order valence-corrected chi connectivity index (χ4v) is 2.45. The number of halogens is 2. The minimum atomic E-state index is -2.68. The third-order valence-corrected chi connectivity index (χ3v) is 3.60. The van der Waals surface area contributed by atoms with Gasteiger partial charge in [0.15, 0.2) is 6.61 Å². The second kappa shape index (κ2) is 7.21. The monoisotopic (exact) mass is 330 g/mol. The van der Waals surface area contributed by atoms with Gasteiger partial charge in [-0.3, -0.25) is 9.69 Å². The van der Waals surface area contributed by atoms with Crippen molar-refractivity contribution < 1.29 is 27.9 Å². The summed E-state index contributed by atoms with van der Waals surface area (Å²) in [6, 6.07) is 5.17. The SMILES string of the molecule is O=C(OCC(=O)N1CCNC1=O)c1ccccc1SC(F)F. The number of amides is 3. The van der Waals surface area contributed by atoms with Crippen LogP contribution in [0, 0.1) is 0 Å². The highest BCUT2D eigenvalue weighted by Crippen LogP contribution is 2.28. The number of hydrogen-bond acceptors (Lipinski definition) is 5. The molecule has 1 saturated heterocycles. The van der Waals surface area contributed by atoms with Crippen molar-refractivity contribution in [1.82, 2.24) is 10.2 Å². The molecule has 0 spiro atoms. The van der Waals surface area contributed by atoms with Crippen molar-refractivity contribution in [3.8, 4) is 0 Å². The number of nitrogens with zero attached hydrogens (tertiary/aromatic N) is 1. The highest BCUT2D eigenvalue weighted by atomic mass is 32.2. The van der Waals surface area contributed by atoms with Gasteiger partial charge in [-0.25, -0.2) is 9.59 Å². The molecule has 0 bridgehead atoms. The van der Waals surface area contributed by atoms with Crippen LogP contribution in [0.15, 0.2) is 29.2 Å². The number of imide groups is 1. The van der Waals surface area contributed by atoms with Crippen LogP contribution in [0.1, 0.15) is 10.4 Å². The van der Waals surface area contributed by atoms with E-state index in [0.717, 1.165) is 4.90 Å². The number of thioether (sulfide) groups is 1. The molecule has 1 aliphatic heterocycles. The number of rotatable bonds is 5. The largest absolute Gasteiger partial charge is 0.452 e. The van der Waals surface area contributed by atoms with Gasteiger partial charge in [-0.1, -0.05) is 23.9 Å². The molecule has 1 N–H and O–H groups in total. The summed E-state index contributed by atoms with van der Waals surface area (Å²) in [6.07, 6.45) is 0. The lowest BCUT2D eigenvalue weighted by molar-refractivity contribution is -0.130. The van der Waals surface area contributed by atoms with Crippen LogP contribution in [0.4, 0.5) is 13.6 Å². The Morgan fingerprint density at radius 1 is 1.36 bits per heavy atom. The van der Waals surface area contributed by atoms with Crippen molar-refractivity contribution in [3.63, 3.8) is 0 Å². The molecule has 0 aliphatic carbocycles. The number of benzene rings is 1. The zero-order valence-corrected chi connectivity index (χ0v) is 12.1. The first-order valence-corrected chi connectivity index (χ1v) is 7.16. The van der Waals surface area contributed by atoms with E-state index in [1.807, 2.05) is 0 Å². The summed E-state index contributed by atoms with van der Waals surface area (Å²) in [7, 11) is 0. The van der Waals surface area contributed by atoms with Gasteiger partial charge in [0.25, 0.3) is 11.7 Å². The molecule has 22 heavy (non-hydrogen) atoms. The maximum atomic E-state index is 12.4. The highest BCUT2D eigenvalue weighted by molar-refractivity contribution is 7.99. The molecule has 118 valence electrons. The summed E-state index contributed by atoms with van der Waals surface area (Å²) in [4.78, 5) is 35.9. The second-order valence-electron chi connectivity index (χ2n) is 4.23. The molecule has 1 heterocycles. The molecule has 0 saturated carbocycles. The molecule has 0 aromatic heterocycles. The lowest BCUT2D eigenvalue weighted by Gasteiger charge is -2.13. The molecular formula is C13H12F2N2O4S. The summed E-state index contributed by atoms with van der Waals surface area (Å²) in [6.45, 7) is -0.0840. The van der Waals surface area contributed by atoms with Crippen molar-refractivity contribution in [1.29, 1.82) is 0 Å². The molecule has 0 atom stereocenters. The van der Waals surface area contributed by atoms with Crippen LogP contribution in [-0.4, -0.2) is 48.3 Å². The van der Waals surface area contributed by atoms with Crippen LogP contribution >= 0.6 is 11.8 Å². The predicted octanol–water partition coefficient (Wildman–Crippen LogP) is 1.71. The molecule has 3 amide bonds. The molecule has 9 heteroatoms. The average molecular weight is 330 g/mol. The van der Waals surface area contributed by atoms with E-state index in [9.17, 15) is 23.2 Å². The third kappa shape index (κ3) is 3.94. The molecule has 6 nitrogen and oxygen atoms in total. The Labute approximate surface area is 128 Å². The Bertz CT molecular complexity index is 597. The number of esters is 1. The number of alkyl halides is 2. The zero-order chi connectivity index (χ0) is 16.1. The van der Waals surface area contributed by atoms with E-state index in [-0.39, 0.29) is 28.8 Å². The molecule has 1 aromatic carbocycles. The van der Waals surface area contributed by atoms with Crippen molar-refractivity contribution in [2.45, 2.75) is 10.7 Å². The molecule has 0 radical (unpaired) electrons. The third-order valence-electron chi connectivity index (χ3n) is 2.81. The van der Waals surface area contributed by atoms with Gasteiger partial charge < -0.3 is 10.1 Å². The Morgan fingerprint density at radius 2 is 2.09 bits per heavy atom. The van der Waals surface area contributed by atoms with Gasteiger partial charge in [0.2, 0.25) is 0 Å². The molecule has 1 fully saturated rings. The maximum Gasteiger partial charge on any atom is 0.339 e. The van der Waals surface area contributed by atoms with Crippen molar-refractivity contribution in [2.24, 2.45) is 0 Å². The number of nitrogens with one attached hydrogen (secondary N) is 1. The summed E-state index contributed by atoms with van der Waals surface area (Å²) in [5, 5.41) is 2.44. The molecule has 1 aliphatic rings. The van der Waals surface area contributed by atoms with Gasteiger partial charge in [-0.15, -0.1) is 0 Å². The topological polar surface area (TPSA) is 75.7 Å². The Hall–Kier alpha value is -2.16. The van der Waals surface area contributed by atoms with E-state index in [1.165, 1.54) is 24.3 Å². The maximum absolute atomic E-state index is 12.4. The van der Waals surface area contributed by atoms with Gasteiger partial charge in [0, 0.05) is 18.0 Å². The standard InChI is InChI=1S/C13H12F2N2O4S/c14-12(15)22-9-4-2-1-3-8(9)11(19)21-7-10(18)17-6-5-16-13(17)20/h1-4,12H,5-7H2,(H,16,20). The zero-order valence-electron chi connectivity index (χ0n) is 11.3. The number of carbonyl (C=O) groups is 3. The number of carbonyl (C=O) groups excluding carboxylic acids is 3. The molecule has 0 unspecified atom stereocenters. The smallest absolute Gasteiger partial charge is 0.339 e. The van der Waals surface area contributed by atoms with Crippen LogP contribution in [-0.2, 0) is 9.53 Å². The fraction of sp³-hybridized carbons (Fsp3) is 0.308. The predicted molar refractivity (Wildman–Crippen MR) is 73.7 cm³/mol. The average Bonchev–Trinajstić information content (AvgIpc) is 2.90. The molecule has 2 rings (SSSR count). The number of ether oxygens (including phenoxy) is 1. The molecule has 1 aromatic rings. The summed E-state index contributed by atoms with van der Waals surface area (Å²) in [5.41, 5.74) is -0.0496. The minimum absolute atomic E-state index is 0.0496. The second-order valence-corrected chi connectivity index (χ2v) is 5.26. The van der Waals surface area contributed by atoms with Crippen molar-refractivity contribution in [3.05, 3.63) is 29.8 Å². The van der Waals surface area contributed by atoms with E-state index in [2.05, 4.69) is 5.32 Å². The Morgan fingerprint density at radius 3 is 2.73 bits per heavy atom. The van der Waals surface area contributed by atoms with Crippen LogP contribution < -0.4 is 5.32 Å².